The third kappa shape index (κ3) is 4.25. The molecule has 6 heteroatoms. The van der Waals surface area contributed by atoms with Crippen LogP contribution in [-0.4, -0.2) is 30.8 Å². The van der Waals surface area contributed by atoms with Crippen molar-refractivity contribution in [1.29, 1.82) is 0 Å². The zero-order chi connectivity index (χ0) is 15.8. The average molecular weight is 303 g/mol. The fraction of sp³-hybridized carbons (Fsp3) is 0.375. The third-order valence-electron chi connectivity index (χ3n) is 3.35. The molecule has 2 rings (SSSR count). The molecule has 0 aliphatic rings. The number of nitrogens with two attached hydrogens (primary N) is 1. The van der Waals surface area contributed by atoms with Gasteiger partial charge in [-0.25, -0.2) is 5.43 Å². The maximum Gasteiger partial charge on any atom is 0.209 e. The molecule has 0 aliphatic heterocycles. The van der Waals surface area contributed by atoms with E-state index in [9.17, 15) is 0 Å². The Hall–Kier alpha value is -2.50. The first-order chi connectivity index (χ1) is 10.7. The lowest BCUT2D eigenvalue weighted by Gasteiger charge is -2.00. The molecule has 0 amide bonds. The fourth-order valence-corrected chi connectivity index (χ4v) is 2.12. The van der Waals surface area contributed by atoms with Crippen LogP contribution in [0.5, 0.6) is 5.75 Å². The number of rotatable bonds is 7. The van der Waals surface area contributed by atoms with Gasteiger partial charge in [-0.3, -0.25) is 4.99 Å². The molecule has 0 unspecified atom stereocenters. The SMILES string of the molecule is CCCCCN=C(N)N/N=[14CH]/c1c[nH]c2ccc(OC)cc12. The number of aromatic amines is 1. The van der Waals surface area contributed by atoms with Crippen LogP contribution < -0.4 is 15.9 Å². The number of hydrazone groups is 1. The van der Waals surface area contributed by atoms with Crippen molar-refractivity contribution >= 4 is 23.1 Å². The maximum absolute atomic E-state index is 5.75. The molecule has 0 aliphatic carbocycles. The van der Waals surface area contributed by atoms with Gasteiger partial charge in [-0.05, 0) is 24.6 Å². The molecule has 0 fully saturated rings. The van der Waals surface area contributed by atoms with Gasteiger partial charge in [-0.1, -0.05) is 19.8 Å². The van der Waals surface area contributed by atoms with Crippen molar-refractivity contribution < 1.29 is 4.74 Å². The summed E-state index contributed by atoms with van der Waals surface area (Å²) in [6.45, 7) is 2.89. The van der Waals surface area contributed by atoms with Crippen molar-refractivity contribution in [2.75, 3.05) is 13.7 Å². The molecule has 4 N–H and O–H groups in total. The van der Waals surface area contributed by atoms with Crippen LogP contribution in [0.1, 0.15) is 31.7 Å². The summed E-state index contributed by atoms with van der Waals surface area (Å²) in [4.78, 5) is 7.40. The van der Waals surface area contributed by atoms with Gasteiger partial charge in [-0.2, -0.15) is 5.10 Å². The number of H-pyrrole nitrogens is 1. The molecule has 1 heterocycles. The van der Waals surface area contributed by atoms with Crippen LogP contribution in [0.15, 0.2) is 34.5 Å². The quantitative estimate of drug-likeness (QED) is 0.318. The number of aromatic nitrogens is 1. The van der Waals surface area contributed by atoms with Crippen molar-refractivity contribution in [3.05, 3.63) is 30.0 Å². The van der Waals surface area contributed by atoms with Gasteiger partial charge in [0.15, 0.2) is 0 Å². The van der Waals surface area contributed by atoms with Crippen LogP contribution >= 0.6 is 0 Å². The molecule has 0 spiro atoms. The van der Waals surface area contributed by atoms with E-state index in [0.717, 1.165) is 41.6 Å². The van der Waals surface area contributed by atoms with Crippen molar-refractivity contribution in [3.63, 3.8) is 0 Å². The second kappa shape index (κ2) is 8.07. The van der Waals surface area contributed by atoms with Crippen LogP contribution in [0.4, 0.5) is 0 Å². The van der Waals surface area contributed by atoms with E-state index >= 15 is 0 Å². The lowest BCUT2D eigenvalue weighted by Crippen LogP contribution is -2.27. The maximum atomic E-state index is 5.75. The topological polar surface area (TPSA) is 87.8 Å². The normalized spacial score (nSPS) is 12.2. The van der Waals surface area contributed by atoms with E-state index in [2.05, 4.69) is 27.4 Å². The smallest absolute Gasteiger partial charge is 0.209 e. The van der Waals surface area contributed by atoms with E-state index in [1.54, 1.807) is 13.3 Å². The predicted octanol–water partition coefficient (Wildman–Crippen LogP) is 2.60. The number of hydrogen-bond donors (Lipinski definition) is 3. The van der Waals surface area contributed by atoms with Gasteiger partial charge in [0.1, 0.15) is 5.75 Å². The molecule has 0 saturated heterocycles. The van der Waals surface area contributed by atoms with E-state index < -0.39 is 0 Å². The molecule has 1 aromatic heterocycles. The summed E-state index contributed by atoms with van der Waals surface area (Å²) in [5.74, 6) is 1.15. The van der Waals surface area contributed by atoms with Gasteiger partial charge in [0.05, 0.1) is 13.3 Å². The average Bonchev–Trinajstić information content (AvgIpc) is 2.94. The highest BCUT2D eigenvalue weighted by atomic mass is 16.5. The monoisotopic (exact) mass is 303 g/mol. The number of hydrogen-bond acceptors (Lipinski definition) is 3. The summed E-state index contributed by atoms with van der Waals surface area (Å²) in [5.41, 5.74) is 10.5. The number of nitrogens with zero attached hydrogens (tertiary/aromatic N) is 2. The zero-order valence-corrected chi connectivity index (χ0v) is 13.1. The van der Waals surface area contributed by atoms with Gasteiger partial charge in [-0.15, -0.1) is 0 Å². The summed E-state index contributed by atoms with van der Waals surface area (Å²) < 4.78 is 5.24. The second-order valence-corrected chi connectivity index (χ2v) is 5.00. The van der Waals surface area contributed by atoms with Crippen LogP contribution in [-0.2, 0) is 0 Å². The largest absolute Gasteiger partial charge is 0.497 e. The first-order valence-electron chi connectivity index (χ1n) is 7.48. The van der Waals surface area contributed by atoms with Gasteiger partial charge in [0.25, 0.3) is 0 Å². The number of guanidine groups is 1. The first-order valence-corrected chi connectivity index (χ1v) is 7.48. The van der Waals surface area contributed by atoms with E-state index in [1.165, 1.54) is 6.42 Å². The van der Waals surface area contributed by atoms with Crippen LogP contribution in [0, 0.1) is 0 Å². The Morgan fingerprint density at radius 1 is 1.41 bits per heavy atom. The number of unbranched alkanes of at least 4 members (excludes halogenated alkanes) is 2. The summed E-state index contributed by atoms with van der Waals surface area (Å²) >= 11 is 0. The van der Waals surface area contributed by atoms with Crippen LogP contribution in [0.2, 0.25) is 0 Å². The second-order valence-electron chi connectivity index (χ2n) is 5.00. The highest BCUT2D eigenvalue weighted by Gasteiger charge is 2.03. The minimum Gasteiger partial charge on any atom is -0.497 e. The Morgan fingerprint density at radius 2 is 2.27 bits per heavy atom. The number of ether oxygens (including phenoxy) is 1. The van der Waals surface area contributed by atoms with E-state index in [-0.39, 0.29) is 0 Å². The molecule has 22 heavy (non-hydrogen) atoms. The van der Waals surface area contributed by atoms with Gasteiger partial charge >= 0.3 is 0 Å². The highest BCUT2D eigenvalue weighted by Crippen LogP contribution is 2.22. The van der Waals surface area contributed by atoms with Crippen molar-refractivity contribution in [2.45, 2.75) is 26.2 Å². The van der Waals surface area contributed by atoms with Crippen LogP contribution in [0.25, 0.3) is 10.9 Å². The first kappa shape index (κ1) is 15.9. The number of benzene rings is 1. The van der Waals surface area contributed by atoms with Crippen molar-refractivity contribution in [3.8, 4) is 5.75 Å². The Labute approximate surface area is 130 Å². The molecule has 1 aromatic carbocycles. The summed E-state index contributed by atoms with van der Waals surface area (Å²) in [6.07, 6.45) is 6.99. The summed E-state index contributed by atoms with van der Waals surface area (Å²) in [6, 6.07) is 5.86. The van der Waals surface area contributed by atoms with E-state index in [4.69, 9.17) is 10.5 Å². The van der Waals surface area contributed by atoms with Gasteiger partial charge < -0.3 is 15.5 Å². The number of nitrogens with one attached hydrogen (secondary N) is 2. The fourth-order valence-electron chi connectivity index (χ4n) is 2.12. The summed E-state index contributed by atoms with van der Waals surface area (Å²) in [5, 5.41) is 5.17. The lowest BCUT2D eigenvalue weighted by atomic mass is 10.2. The van der Waals surface area contributed by atoms with Crippen molar-refractivity contribution in [2.24, 2.45) is 15.8 Å². The van der Waals surface area contributed by atoms with Crippen LogP contribution in [0.3, 0.4) is 0 Å². The lowest BCUT2D eigenvalue weighted by molar-refractivity contribution is 0.415. The number of methoxy groups -OCH3 is 1. The molecule has 0 atom stereocenters. The molecule has 0 radical (unpaired) electrons. The molecular weight excluding hydrogens is 280 g/mol. The Morgan fingerprint density at radius 3 is 3.05 bits per heavy atom. The highest BCUT2D eigenvalue weighted by molar-refractivity contribution is 5.99. The summed E-state index contributed by atoms with van der Waals surface area (Å²) in [7, 11) is 1.65. The Balaban J connectivity index is 1.98. The standard InChI is InChI=1S/C16H23N5O/c1-3-4-5-8-18-16(17)21-20-11-12-10-19-15-7-6-13(22-2)9-14(12)15/h6-7,9-11,19H,3-5,8H2,1-2H3,(H3,17,18,21)/b20-11+/i11+2. The Bertz CT molecular complexity index is 660. The molecule has 6 nitrogen and oxygen atoms in total. The minimum atomic E-state index is 0.338. The Kier molecular flexibility index (Phi) is 5.82. The minimum absolute atomic E-state index is 0.338. The third-order valence-corrected chi connectivity index (χ3v) is 3.35. The predicted molar refractivity (Wildman–Crippen MR) is 91.6 cm³/mol. The molecule has 0 saturated carbocycles. The number of fused-ring (bicyclic) bond motifs is 1. The molecule has 118 valence electrons. The van der Waals surface area contributed by atoms with Gasteiger partial charge in [0.2, 0.25) is 5.96 Å². The van der Waals surface area contributed by atoms with Gasteiger partial charge in [0, 0.05) is 29.2 Å². The molecule has 0 bridgehead atoms. The van der Waals surface area contributed by atoms with E-state index in [0.29, 0.717) is 5.96 Å². The molecular formula is C16H23N5O. The number of aliphatic imine (C=N–C) groups is 1. The van der Waals surface area contributed by atoms with Crippen molar-refractivity contribution in [1.82, 2.24) is 10.4 Å². The van der Waals surface area contributed by atoms with E-state index in [1.807, 2.05) is 24.4 Å². The zero-order valence-electron chi connectivity index (χ0n) is 13.1. The molecule has 2 aromatic rings.